The lowest BCUT2D eigenvalue weighted by Crippen LogP contribution is -2.32. The van der Waals surface area contributed by atoms with Gasteiger partial charge in [0.2, 0.25) is 15.9 Å². The number of hydrogen-bond acceptors (Lipinski definition) is 3. The fraction of sp³-hybridized carbons (Fsp3) is 0.316. The van der Waals surface area contributed by atoms with Crippen LogP contribution in [0.25, 0.3) is 0 Å². The molecule has 0 heterocycles. The van der Waals surface area contributed by atoms with Gasteiger partial charge in [-0.3, -0.25) is 9.10 Å². The van der Waals surface area contributed by atoms with Gasteiger partial charge in [-0.2, -0.15) is 13.2 Å². The van der Waals surface area contributed by atoms with Crippen molar-refractivity contribution < 1.29 is 26.4 Å². The van der Waals surface area contributed by atoms with Crippen molar-refractivity contribution in [1.29, 1.82) is 0 Å². The Morgan fingerprint density at radius 3 is 2.45 bits per heavy atom. The van der Waals surface area contributed by atoms with E-state index < -0.39 is 27.7 Å². The number of alkyl halides is 3. The van der Waals surface area contributed by atoms with Crippen LogP contribution in [-0.4, -0.2) is 27.1 Å². The molecule has 0 radical (unpaired) electrons. The van der Waals surface area contributed by atoms with Crippen LogP contribution >= 0.6 is 11.6 Å². The number of rotatable bonds is 7. The van der Waals surface area contributed by atoms with Crippen LogP contribution in [0.15, 0.2) is 42.5 Å². The molecule has 0 saturated carbocycles. The van der Waals surface area contributed by atoms with E-state index in [4.69, 9.17) is 11.6 Å². The monoisotopic (exact) mass is 448 g/mol. The minimum atomic E-state index is -4.51. The van der Waals surface area contributed by atoms with Crippen molar-refractivity contribution in [2.45, 2.75) is 25.9 Å². The Balaban J connectivity index is 2.03. The molecule has 158 valence electrons. The molecule has 2 rings (SSSR count). The zero-order valence-electron chi connectivity index (χ0n) is 15.8. The van der Waals surface area contributed by atoms with Gasteiger partial charge in [0, 0.05) is 23.7 Å². The second kappa shape index (κ2) is 9.04. The molecular weight excluding hydrogens is 429 g/mol. The van der Waals surface area contributed by atoms with Crippen LogP contribution in [0.1, 0.15) is 24.0 Å². The molecule has 0 fully saturated rings. The Bertz CT molecular complexity index is 994. The van der Waals surface area contributed by atoms with Crippen LogP contribution in [-0.2, 0) is 21.0 Å². The predicted molar refractivity (Wildman–Crippen MR) is 108 cm³/mol. The fourth-order valence-corrected chi connectivity index (χ4v) is 3.90. The molecule has 0 spiro atoms. The second-order valence-electron chi connectivity index (χ2n) is 6.45. The zero-order valence-corrected chi connectivity index (χ0v) is 17.3. The summed E-state index contributed by atoms with van der Waals surface area (Å²) in [7, 11) is -3.62. The molecule has 0 aliphatic heterocycles. The minimum absolute atomic E-state index is 0.0236. The van der Waals surface area contributed by atoms with E-state index in [1.165, 1.54) is 12.1 Å². The summed E-state index contributed by atoms with van der Waals surface area (Å²) in [6.45, 7) is 1.71. The smallest absolute Gasteiger partial charge is 0.326 e. The van der Waals surface area contributed by atoms with Crippen LogP contribution in [0.3, 0.4) is 0 Å². The molecule has 29 heavy (non-hydrogen) atoms. The van der Waals surface area contributed by atoms with E-state index in [9.17, 15) is 26.4 Å². The number of carbonyl (C=O) groups is 1. The topological polar surface area (TPSA) is 66.5 Å². The number of benzene rings is 2. The number of halogens is 4. The molecule has 1 amide bonds. The SMILES string of the molecule is Cc1c(Cl)cccc1N(CCCC(=O)Nc1cccc(C(F)(F)F)c1)S(C)(=O)=O. The number of sulfonamides is 1. The summed E-state index contributed by atoms with van der Waals surface area (Å²) in [4.78, 5) is 12.1. The largest absolute Gasteiger partial charge is 0.416 e. The molecule has 0 aromatic heterocycles. The average Bonchev–Trinajstić information content (AvgIpc) is 2.60. The highest BCUT2D eigenvalue weighted by Gasteiger charge is 2.30. The quantitative estimate of drug-likeness (QED) is 0.658. The fourth-order valence-electron chi connectivity index (χ4n) is 2.71. The van der Waals surface area contributed by atoms with Gasteiger partial charge < -0.3 is 5.32 Å². The van der Waals surface area contributed by atoms with Crippen molar-refractivity contribution in [2.75, 3.05) is 22.4 Å². The summed E-state index contributed by atoms with van der Waals surface area (Å²) in [5.41, 5.74) is 0.164. The van der Waals surface area contributed by atoms with Crippen LogP contribution in [0.2, 0.25) is 5.02 Å². The summed E-state index contributed by atoms with van der Waals surface area (Å²) in [5.74, 6) is -0.513. The van der Waals surface area contributed by atoms with Crippen molar-refractivity contribution >= 4 is 38.9 Å². The lowest BCUT2D eigenvalue weighted by Gasteiger charge is -2.24. The molecule has 5 nitrogen and oxygen atoms in total. The molecule has 0 bridgehead atoms. The minimum Gasteiger partial charge on any atom is -0.326 e. The van der Waals surface area contributed by atoms with Crippen LogP contribution < -0.4 is 9.62 Å². The third kappa shape index (κ3) is 6.37. The van der Waals surface area contributed by atoms with Crippen LogP contribution in [0.5, 0.6) is 0 Å². The standard InChI is InChI=1S/C19H20ClF3N2O3S/c1-13-16(20)8-4-9-17(13)25(29(2,27)28)11-5-10-18(26)24-15-7-3-6-14(12-15)19(21,22)23/h3-4,6-9,12H,5,10-11H2,1-2H3,(H,24,26). The molecule has 0 saturated heterocycles. The molecular formula is C19H20ClF3N2O3S. The maximum absolute atomic E-state index is 12.7. The lowest BCUT2D eigenvalue weighted by molar-refractivity contribution is -0.137. The van der Waals surface area contributed by atoms with Gasteiger partial charge in [-0.05, 0) is 49.2 Å². The third-order valence-electron chi connectivity index (χ3n) is 4.15. The summed E-state index contributed by atoms with van der Waals surface area (Å²) >= 11 is 6.06. The highest BCUT2D eigenvalue weighted by molar-refractivity contribution is 7.92. The summed E-state index contributed by atoms with van der Waals surface area (Å²) in [6, 6.07) is 9.19. The molecule has 10 heteroatoms. The number of anilines is 2. The van der Waals surface area contributed by atoms with E-state index in [1.807, 2.05) is 0 Å². The predicted octanol–water partition coefficient (Wildman–Crippen LogP) is 4.85. The van der Waals surface area contributed by atoms with Crippen molar-refractivity contribution in [2.24, 2.45) is 0 Å². The highest BCUT2D eigenvalue weighted by Crippen LogP contribution is 2.31. The van der Waals surface area contributed by atoms with Crippen LogP contribution in [0, 0.1) is 6.92 Å². The summed E-state index contributed by atoms with van der Waals surface area (Å²) in [5, 5.41) is 2.81. The maximum atomic E-state index is 12.7. The molecule has 0 aliphatic rings. The number of amides is 1. The van der Waals surface area contributed by atoms with Gasteiger partial charge in [0.25, 0.3) is 0 Å². The summed E-state index contributed by atoms with van der Waals surface area (Å²) < 4.78 is 63.7. The molecule has 0 atom stereocenters. The second-order valence-corrected chi connectivity index (χ2v) is 8.76. The van der Waals surface area contributed by atoms with Crippen molar-refractivity contribution in [1.82, 2.24) is 0 Å². The Labute approximate surface area is 172 Å². The number of carbonyl (C=O) groups excluding carboxylic acids is 1. The van der Waals surface area contributed by atoms with E-state index >= 15 is 0 Å². The molecule has 1 N–H and O–H groups in total. The van der Waals surface area contributed by atoms with Crippen molar-refractivity contribution in [3.05, 3.63) is 58.6 Å². The zero-order chi connectivity index (χ0) is 21.8. The Morgan fingerprint density at radius 2 is 1.83 bits per heavy atom. The van der Waals surface area contributed by atoms with Crippen molar-refractivity contribution in [3.63, 3.8) is 0 Å². The van der Waals surface area contributed by atoms with Gasteiger partial charge in [0.1, 0.15) is 0 Å². The van der Waals surface area contributed by atoms with Gasteiger partial charge in [-0.15, -0.1) is 0 Å². The first kappa shape index (κ1) is 23.0. The van der Waals surface area contributed by atoms with Gasteiger partial charge in [-0.1, -0.05) is 23.7 Å². The third-order valence-corrected chi connectivity index (χ3v) is 5.74. The first-order valence-corrected chi connectivity index (χ1v) is 10.8. The van der Waals surface area contributed by atoms with Gasteiger partial charge >= 0.3 is 6.18 Å². The molecule has 2 aromatic carbocycles. The van der Waals surface area contributed by atoms with E-state index in [1.54, 1.807) is 25.1 Å². The van der Waals surface area contributed by atoms with E-state index in [2.05, 4.69) is 5.32 Å². The molecule has 2 aromatic rings. The van der Waals surface area contributed by atoms with Crippen molar-refractivity contribution in [3.8, 4) is 0 Å². The Morgan fingerprint density at radius 1 is 1.17 bits per heavy atom. The molecule has 0 aliphatic carbocycles. The Hall–Kier alpha value is -2.26. The van der Waals surface area contributed by atoms with Gasteiger partial charge in [0.05, 0.1) is 17.5 Å². The first-order valence-electron chi connectivity index (χ1n) is 8.59. The van der Waals surface area contributed by atoms with E-state index in [-0.39, 0.29) is 25.1 Å². The highest BCUT2D eigenvalue weighted by atomic mass is 35.5. The average molecular weight is 449 g/mol. The van der Waals surface area contributed by atoms with E-state index in [0.717, 1.165) is 22.7 Å². The lowest BCUT2D eigenvalue weighted by atomic mass is 10.2. The number of nitrogens with one attached hydrogen (secondary N) is 1. The van der Waals surface area contributed by atoms with E-state index in [0.29, 0.717) is 16.3 Å². The maximum Gasteiger partial charge on any atom is 0.416 e. The summed E-state index contributed by atoms with van der Waals surface area (Å²) in [6.07, 6.45) is -3.35. The Kier molecular flexibility index (Phi) is 7.18. The van der Waals surface area contributed by atoms with Gasteiger partial charge in [0.15, 0.2) is 0 Å². The first-order chi connectivity index (χ1) is 13.4. The number of hydrogen-bond donors (Lipinski definition) is 1. The normalized spacial score (nSPS) is 11.9. The van der Waals surface area contributed by atoms with Crippen LogP contribution in [0.4, 0.5) is 24.5 Å². The van der Waals surface area contributed by atoms with Gasteiger partial charge in [-0.25, -0.2) is 8.42 Å². The number of nitrogens with zero attached hydrogens (tertiary/aromatic N) is 1. The molecule has 0 unspecified atom stereocenters.